The van der Waals surface area contributed by atoms with Gasteiger partial charge >= 0.3 is 5.69 Å². The van der Waals surface area contributed by atoms with Gasteiger partial charge in [-0.25, -0.2) is 4.79 Å². The second kappa shape index (κ2) is 5.04. The summed E-state index contributed by atoms with van der Waals surface area (Å²) in [6.07, 6.45) is 4.23. The van der Waals surface area contributed by atoms with E-state index in [1.807, 2.05) is 24.3 Å². The summed E-state index contributed by atoms with van der Waals surface area (Å²) < 4.78 is 2.86. The summed E-state index contributed by atoms with van der Waals surface area (Å²) in [6, 6.07) is 7.52. The number of carbonyl (C=O) groups is 1. The van der Waals surface area contributed by atoms with E-state index in [4.69, 9.17) is 0 Å². The minimum Gasteiger partial charge on any atom is -0.302 e. The molecule has 4 heteroatoms. The third-order valence-electron chi connectivity index (χ3n) is 3.02. The molecule has 0 aliphatic heterocycles. The summed E-state index contributed by atoms with van der Waals surface area (Å²) in [5, 5.41) is 0. The Morgan fingerprint density at radius 3 is 2.33 bits per heavy atom. The van der Waals surface area contributed by atoms with E-state index >= 15 is 0 Å². The van der Waals surface area contributed by atoms with E-state index in [2.05, 4.69) is 6.92 Å². The van der Waals surface area contributed by atoms with Gasteiger partial charge in [-0.2, -0.15) is 0 Å². The molecule has 0 aliphatic rings. The van der Waals surface area contributed by atoms with Crippen molar-refractivity contribution >= 4 is 5.78 Å². The van der Waals surface area contributed by atoms with Crippen molar-refractivity contribution in [2.24, 2.45) is 7.05 Å². The van der Waals surface area contributed by atoms with Gasteiger partial charge in [0.15, 0.2) is 5.78 Å². The summed E-state index contributed by atoms with van der Waals surface area (Å²) in [5.74, 6) is -0.0500. The van der Waals surface area contributed by atoms with E-state index in [1.165, 1.54) is 14.7 Å². The maximum absolute atomic E-state index is 12.0. The largest absolute Gasteiger partial charge is 0.328 e. The zero-order valence-electron chi connectivity index (χ0n) is 10.6. The van der Waals surface area contributed by atoms with Crippen LogP contribution in [0.15, 0.2) is 41.5 Å². The zero-order valence-corrected chi connectivity index (χ0v) is 10.6. The van der Waals surface area contributed by atoms with Crippen molar-refractivity contribution in [3.63, 3.8) is 0 Å². The number of imidazole rings is 1. The zero-order chi connectivity index (χ0) is 13.1. The summed E-state index contributed by atoms with van der Waals surface area (Å²) in [6.45, 7) is 2.16. The lowest BCUT2D eigenvalue weighted by molar-refractivity contribution is 0.0971. The first kappa shape index (κ1) is 12.4. The molecule has 0 atom stereocenters. The van der Waals surface area contributed by atoms with Crippen molar-refractivity contribution in [2.75, 3.05) is 0 Å². The van der Waals surface area contributed by atoms with Gasteiger partial charge in [0.25, 0.3) is 0 Å². The molecule has 2 aromatic rings. The lowest BCUT2D eigenvalue weighted by Crippen LogP contribution is -2.25. The number of rotatable bonds is 4. The molecule has 0 amide bonds. The number of benzene rings is 1. The van der Waals surface area contributed by atoms with Crippen LogP contribution in [0.3, 0.4) is 0 Å². The van der Waals surface area contributed by atoms with Gasteiger partial charge in [0.1, 0.15) is 0 Å². The molecule has 1 heterocycles. The van der Waals surface area contributed by atoms with E-state index < -0.39 is 0 Å². The number of hydrogen-bond donors (Lipinski definition) is 0. The molecule has 0 aliphatic carbocycles. The Balaban J connectivity index is 2.16. The van der Waals surface area contributed by atoms with E-state index in [-0.39, 0.29) is 18.0 Å². The molecule has 18 heavy (non-hydrogen) atoms. The summed E-state index contributed by atoms with van der Waals surface area (Å²) in [7, 11) is 1.67. The fourth-order valence-electron chi connectivity index (χ4n) is 1.80. The highest BCUT2D eigenvalue weighted by molar-refractivity contribution is 5.95. The minimum atomic E-state index is -0.173. The van der Waals surface area contributed by atoms with Gasteiger partial charge < -0.3 is 4.57 Å². The maximum Gasteiger partial charge on any atom is 0.328 e. The van der Waals surface area contributed by atoms with Crippen LogP contribution >= 0.6 is 0 Å². The van der Waals surface area contributed by atoms with Crippen LogP contribution in [0.5, 0.6) is 0 Å². The monoisotopic (exact) mass is 244 g/mol. The minimum absolute atomic E-state index is 0.0500. The van der Waals surface area contributed by atoms with Crippen LogP contribution in [0.1, 0.15) is 22.8 Å². The highest BCUT2D eigenvalue weighted by Crippen LogP contribution is 2.06. The highest BCUT2D eigenvalue weighted by Gasteiger charge is 2.08. The van der Waals surface area contributed by atoms with Crippen molar-refractivity contribution in [3.05, 3.63) is 58.3 Å². The fourth-order valence-corrected chi connectivity index (χ4v) is 1.80. The smallest absolute Gasteiger partial charge is 0.302 e. The molecule has 0 N–H and O–H groups in total. The molecule has 4 nitrogen and oxygen atoms in total. The van der Waals surface area contributed by atoms with Gasteiger partial charge in [0.2, 0.25) is 0 Å². The van der Waals surface area contributed by atoms with Crippen molar-refractivity contribution in [2.45, 2.75) is 19.9 Å². The molecule has 2 rings (SSSR count). The predicted octanol–water partition coefficient (Wildman–Crippen LogP) is 1.63. The third kappa shape index (κ3) is 2.42. The number of ketones is 1. The van der Waals surface area contributed by atoms with Crippen LogP contribution < -0.4 is 5.69 Å². The third-order valence-corrected chi connectivity index (χ3v) is 3.02. The number of carbonyl (C=O) groups excluding carboxylic acids is 1. The molecule has 0 radical (unpaired) electrons. The first-order chi connectivity index (χ1) is 8.61. The Morgan fingerprint density at radius 1 is 1.17 bits per heavy atom. The first-order valence-electron chi connectivity index (χ1n) is 5.95. The SMILES string of the molecule is CCc1ccc(C(=O)Cn2ccn(C)c2=O)cc1. The molecule has 1 aromatic heterocycles. The van der Waals surface area contributed by atoms with Crippen LogP contribution in [-0.4, -0.2) is 14.9 Å². The van der Waals surface area contributed by atoms with E-state index in [0.29, 0.717) is 5.56 Å². The van der Waals surface area contributed by atoms with Crippen LogP contribution in [0.4, 0.5) is 0 Å². The molecule has 0 spiro atoms. The van der Waals surface area contributed by atoms with Gasteiger partial charge in [-0.15, -0.1) is 0 Å². The lowest BCUT2D eigenvalue weighted by Gasteiger charge is -2.03. The quantitative estimate of drug-likeness (QED) is 0.767. The van der Waals surface area contributed by atoms with Gasteiger partial charge in [0, 0.05) is 25.0 Å². The Hall–Kier alpha value is -2.10. The molecule has 0 unspecified atom stereocenters. The molecular formula is C14H16N2O2. The molecule has 1 aromatic carbocycles. The summed E-state index contributed by atoms with van der Waals surface area (Å²) in [5.41, 5.74) is 1.67. The van der Waals surface area contributed by atoms with Crippen LogP contribution in [0.2, 0.25) is 0 Å². The number of aromatic nitrogens is 2. The first-order valence-corrected chi connectivity index (χ1v) is 5.95. The van der Waals surface area contributed by atoms with E-state index in [1.54, 1.807) is 19.4 Å². The van der Waals surface area contributed by atoms with E-state index in [9.17, 15) is 9.59 Å². The normalized spacial score (nSPS) is 10.6. The van der Waals surface area contributed by atoms with Gasteiger partial charge in [-0.3, -0.25) is 9.36 Å². The standard InChI is InChI=1S/C14H16N2O2/c1-3-11-4-6-12(7-5-11)13(17)10-16-9-8-15(2)14(16)18/h4-9H,3,10H2,1-2H3. The highest BCUT2D eigenvalue weighted by atomic mass is 16.2. The van der Waals surface area contributed by atoms with Crippen LogP contribution in [0.25, 0.3) is 0 Å². The second-order valence-corrected chi connectivity index (χ2v) is 4.29. The van der Waals surface area contributed by atoms with Crippen molar-refractivity contribution in [3.8, 4) is 0 Å². The summed E-state index contributed by atoms with van der Waals surface area (Å²) >= 11 is 0. The number of hydrogen-bond acceptors (Lipinski definition) is 2. The Labute approximate surface area is 105 Å². The lowest BCUT2D eigenvalue weighted by atomic mass is 10.1. The average Bonchev–Trinajstić information content (AvgIpc) is 2.71. The number of Topliss-reactive ketones (excluding diaryl/α,β-unsaturated/α-hetero) is 1. The van der Waals surface area contributed by atoms with E-state index in [0.717, 1.165) is 6.42 Å². The summed E-state index contributed by atoms with van der Waals surface area (Å²) in [4.78, 5) is 23.6. The van der Waals surface area contributed by atoms with Gasteiger partial charge in [-0.1, -0.05) is 31.2 Å². The molecule has 94 valence electrons. The van der Waals surface area contributed by atoms with Crippen LogP contribution in [0, 0.1) is 0 Å². The molecule has 0 saturated heterocycles. The van der Waals surface area contributed by atoms with Crippen molar-refractivity contribution in [1.82, 2.24) is 9.13 Å². The Kier molecular flexibility index (Phi) is 3.46. The average molecular weight is 244 g/mol. The number of aryl methyl sites for hydroxylation is 2. The Morgan fingerprint density at radius 2 is 1.83 bits per heavy atom. The molecule has 0 saturated carbocycles. The fraction of sp³-hybridized carbons (Fsp3) is 0.286. The van der Waals surface area contributed by atoms with Crippen molar-refractivity contribution in [1.29, 1.82) is 0 Å². The molecular weight excluding hydrogens is 228 g/mol. The maximum atomic E-state index is 12.0. The molecule has 0 bridgehead atoms. The predicted molar refractivity (Wildman–Crippen MR) is 69.8 cm³/mol. The van der Waals surface area contributed by atoms with Crippen LogP contribution in [-0.2, 0) is 20.0 Å². The van der Waals surface area contributed by atoms with Gasteiger partial charge in [0.05, 0.1) is 6.54 Å². The second-order valence-electron chi connectivity index (χ2n) is 4.29. The topological polar surface area (TPSA) is 44.0 Å². The van der Waals surface area contributed by atoms with Gasteiger partial charge in [-0.05, 0) is 12.0 Å². The Bertz CT molecular complexity index is 605. The molecule has 0 fully saturated rings. The number of nitrogens with zero attached hydrogens (tertiary/aromatic N) is 2. The van der Waals surface area contributed by atoms with Crippen molar-refractivity contribution < 1.29 is 4.79 Å².